The highest BCUT2D eigenvalue weighted by atomic mass is 32.2. The van der Waals surface area contributed by atoms with E-state index in [-0.39, 0.29) is 11.7 Å². The Kier molecular flexibility index (Phi) is 4.24. The number of amides is 1. The van der Waals surface area contributed by atoms with Crippen LogP contribution in [0, 0.1) is 0 Å². The summed E-state index contributed by atoms with van der Waals surface area (Å²) in [5, 5.41) is 13.1. The van der Waals surface area contributed by atoms with Gasteiger partial charge in [0.05, 0.1) is 11.3 Å². The lowest BCUT2D eigenvalue weighted by molar-refractivity contribution is -0.113. The van der Waals surface area contributed by atoms with E-state index in [1.54, 1.807) is 0 Å². The molecule has 2 aromatic carbocycles. The van der Waals surface area contributed by atoms with Gasteiger partial charge in [-0.15, -0.1) is 10.2 Å². The molecule has 0 radical (unpaired) electrons. The fourth-order valence-corrected chi connectivity index (χ4v) is 4.41. The van der Waals surface area contributed by atoms with Crippen molar-refractivity contribution in [3.63, 3.8) is 0 Å². The van der Waals surface area contributed by atoms with Crippen molar-refractivity contribution < 1.29 is 4.79 Å². The molecule has 2 heterocycles. The second-order valence-electron chi connectivity index (χ2n) is 7.02. The Balaban J connectivity index is 1.31. The maximum Gasteiger partial charge on any atom is 0.234 e. The molecule has 1 aliphatic rings. The number of hydrogen-bond donors (Lipinski definition) is 1. The summed E-state index contributed by atoms with van der Waals surface area (Å²) in [6.07, 6.45) is 3.43. The van der Waals surface area contributed by atoms with Crippen LogP contribution in [0.15, 0.2) is 47.6 Å². The summed E-state index contributed by atoms with van der Waals surface area (Å²) in [7, 11) is 1.97. The molecule has 0 saturated carbocycles. The lowest BCUT2D eigenvalue weighted by Crippen LogP contribution is -2.14. The number of aromatic nitrogens is 4. The minimum absolute atomic E-state index is 0.0660. The summed E-state index contributed by atoms with van der Waals surface area (Å²) in [6.45, 7) is 0. The molecule has 6 nitrogen and oxygen atoms in total. The van der Waals surface area contributed by atoms with E-state index < -0.39 is 0 Å². The number of nitrogens with one attached hydrogen (secondary N) is 1. The quantitative estimate of drug-likeness (QED) is 0.538. The van der Waals surface area contributed by atoms with Crippen molar-refractivity contribution in [1.29, 1.82) is 0 Å². The molecular formula is C21H19N5OS. The summed E-state index contributed by atoms with van der Waals surface area (Å²) in [4.78, 5) is 17.0. The van der Waals surface area contributed by atoms with Gasteiger partial charge in [0.25, 0.3) is 0 Å². The van der Waals surface area contributed by atoms with Crippen LogP contribution >= 0.6 is 11.8 Å². The first-order valence-corrected chi connectivity index (χ1v) is 10.3. The number of nitrogens with zero attached hydrogens (tertiary/aromatic N) is 4. The first-order chi connectivity index (χ1) is 13.7. The third-order valence-corrected chi connectivity index (χ3v) is 6.04. The van der Waals surface area contributed by atoms with Gasteiger partial charge in [-0.05, 0) is 48.6 Å². The Labute approximate surface area is 166 Å². The second-order valence-corrected chi connectivity index (χ2v) is 7.96. The van der Waals surface area contributed by atoms with E-state index in [0.717, 1.165) is 40.6 Å². The van der Waals surface area contributed by atoms with Crippen LogP contribution in [0.4, 0.5) is 5.69 Å². The molecule has 7 heteroatoms. The number of carbonyl (C=O) groups excluding carboxylic acids is 1. The summed E-state index contributed by atoms with van der Waals surface area (Å²) >= 11 is 1.30. The molecule has 1 amide bonds. The van der Waals surface area contributed by atoms with Gasteiger partial charge >= 0.3 is 0 Å². The van der Waals surface area contributed by atoms with Crippen LogP contribution in [-0.2, 0) is 24.7 Å². The molecule has 0 fully saturated rings. The van der Waals surface area contributed by atoms with E-state index in [4.69, 9.17) is 0 Å². The topological polar surface area (TPSA) is 72.7 Å². The normalized spacial score (nSPS) is 13.2. The number of carbonyl (C=O) groups is 1. The van der Waals surface area contributed by atoms with Crippen molar-refractivity contribution in [3.8, 4) is 0 Å². The van der Waals surface area contributed by atoms with Gasteiger partial charge < -0.3 is 9.88 Å². The van der Waals surface area contributed by atoms with Crippen molar-refractivity contribution >= 4 is 45.4 Å². The molecule has 5 rings (SSSR count). The van der Waals surface area contributed by atoms with E-state index >= 15 is 0 Å². The number of benzene rings is 2. The predicted octanol–water partition coefficient (Wildman–Crippen LogP) is 3.74. The molecule has 2 aromatic heterocycles. The Bertz CT molecular complexity index is 1220. The van der Waals surface area contributed by atoms with Gasteiger partial charge in [-0.3, -0.25) is 4.79 Å². The smallest absolute Gasteiger partial charge is 0.234 e. The molecule has 140 valence electrons. The number of rotatable bonds is 4. The van der Waals surface area contributed by atoms with Gasteiger partial charge in [-0.2, -0.15) is 0 Å². The van der Waals surface area contributed by atoms with Gasteiger partial charge in [0.1, 0.15) is 5.52 Å². The molecule has 0 spiro atoms. The monoisotopic (exact) mass is 389 g/mol. The molecule has 1 N–H and O–H groups in total. The number of hydrogen-bond acceptors (Lipinski definition) is 5. The van der Waals surface area contributed by atoms with E-state index in [2.05, 4.69) is 32.6 Å². The number of para-hydroxylation sites is 1. The second kappa shape index (κ2) is 6.91. The van der Waals surface area contributed by atoms with Crippen LogP contribution in [0.25, 0.3) is 22.1 Å². The predicted molar refractivity (Wildman–Crippen MR) is 112 cm³/mol. The van der Waals surface area contributed by atoms with E-state index in [0.29, 0.717) is 5.16 Å². The summed E-state index contributed by atoms with van der Waals surface area (Å²) in [5.41, 5.74) is 6.22. The zero-order valence-corrected chi connectivity index (χ0v) is 16.3. The highest BCUT2D eigenvalue weighted by molar-refractivity contribution is 7.99. The van der Waals surface area contributed by atoms with E-state index in [9.17, 15) is 4.79 Å². The fourth-order valence-electron chi connectivity index (χ4n) is 3.83. The molecule has 28 heavy (non-hydrogen) atoms. The number of aryl methyl sites for hydroxylation is 3. The zero-order chi connectivity index (χ0) is 19.1. The lowest BCUT2D eigenvalue weighted by atomic mass is 10.1. The van der Waals surface area contributed by atoms with Gasteiger partial charge in [0.15, 0.2) is 5.65 Å². The van der Waals surface area contributed by atoms with Gasteiger partial charge in [-0.1, -0.05) is 36.0 Å². The Morgan fingerprint density at radius 2 is 2.00 bits per heavy atom. The minimum Gasteiger partial charge on any atom is -0.327 e. The highest BCUT2D eigenvalue weighted by Gasteiger charge is 2.14. The van der Waals surface area contributed by atoms with Gasteiger partial charge in [0.2, 0.25) is 11.1 Å². The molecule has 4 aromatic rings. The molecule has 0 aliphatic heterocycles. The van der Waals surface area contributed by atoms with Crippen molar-refractivity contribution in [2.75, 3.05) is 11.1 Å². The standard InChI is InChI=1S/C21H19N5OS/c1-26-17-8-3-2-7-16(17)19-20(26)23-21(25-24-19)28-12-18(27)22-15-10-9-13-5-4-6-14(13)11-15/h2-3,7-11H,4-6,12H2,1H3,(H,22,27). The van der Waals surface area contributed by atoms with E-state index in [1.165, 1.54) is 29.3 Å². The average molecular weight is 389 g/mol. The van der Waals surface area contributed by atoms with Crippen molar-refractivity contribution in [3.05, 3.63) is 53.6 Å². The third kappa shape index (κ3) is 3.01. The number of anilines is 1. The molecule has 0 bridgehead atoms. The molecule has 1 aliphatic carbocycles. The van der Waals surface area contributed by atoms with Crippen LogP contribution in [-0.4, -0.2) is 31.4 Å². The number of fused-ring (bicyclic) bond motifs is 4. The molecular weight excluding hydrogens is 370 g/mol. The van der Waals surface area contributed by atoms with Crippen LogP contribution in [0.3, 0.4) is 0 Å². The minimum atomic E-state index is -0.0660. The van der Waals surface area contributed by atoms with E-state index in [1.807, 2.05) is 41.9 Å². The average Bonchev–Trinajstić information content (AvgIpc) is 3.29. The first kappa shape index (κ1) is 17.2. The van der Waals surface area contributed by atoms with Crippen LogP contribution in [0.2, 0.25) is 0 Å². The highest BCUT2D eigenvalue weighted by Crippen LogP contribution is 2.27. The molecule has 0 saturated heterocycles. The SMILES string of the molecule is Cn1c2ccccc2c2nnc(SCC(=O)Nc3ccc4c(c3)CCC4)nc21. The van der Waals surface area contributed by atoms with Gasteiger partial charge in [0, 0.05) is 18.1 Å². The summed E-state index contributed by atoms with van der Waals surface area (Å²) in [6, 6.07) is 14.2. The summed E-state index contributed by atoms with van der Waals surface area (Å²) < 4.78 is 2.01. The van der Waals surface area contributed by atoms with Gasteiger partial charge in [-0.25, -0.2) is 4.98 Å². The molecule has 0 atom stereocenters. The number of thioether (sulfide) groups is 1. The Hall–Kier alpha value is -2.93. The van der Waals surface area contributed by atoms with Crippen molar-refractivity contribution in [2.45, 2.75) is 24.4 Å². The fraction of sp³-hybridized carbons (Fsp3) is 0.238. The van der Waals surface area contributed by atoms with Crippen molar-refractivity contribution in [2.24, 2.45) is 7.05 Å². The molecule has 0 unspecified atom stereocenters. The Morgan fingerprint density at radius 1 is 1.14 bits per heavy atom. The van der Waals surface area contributed by atoms with Crippen LogP contribution in [0.1, 0.15) is 17.5 Å². The summed E-state index contributed by atoms with van der Waals surface area (Å²) in [5.74, 6) is 0.178. The van der Waals surface area contributed by atoms with Crippen LogP contribution < -0.4 is 5.32 Å². The third-order valence-electron chi connectivity index (χ3n) is 5.20. The van der Waals surface area contributed by atoms with Crippen molar-refractivity contribution in [1.82, 2.24) is 19.7 Å². The Morgan fingerprint density at radius 3 is 2.93 bits per heavy atom. The van der Waals surface area contributed by atoms with Crippen LogP contribution in [0.5, 0.6) is 0 Å². The first-order valence-electron chi connectivity index (χ1n) is 9.31. The lowest BCUT2D eigenvalue weighted by Gasteiger charge is -2.07. The largest absolute Gasteiger partial charge is 0.327 e. The maximum absolute atomic E-state index is 12.3. The maximum atomic E-state index is 12.3. The zero-order valence-electron chi connectivity index (χ0n) is 15.5.